The number of carbonyl (C=O) groups excluding carboxylic acids is 1. The highest BCUT2D eigenvalue weighted by Crippen LogP contribution is 2.21. The van der Waals surface area contributed by atoms with E-state index in [0.717, 1.165) is 18.4 Å². The Balaban J connectivity index is 1.71. The molecule has 2 aromatic carbocycles. The van der Waals surface area contributed by atoms with Crippen molar-refractivity contribution in [2.75, 3.05) is 6.54 Å². The highest BCUT2D eigenvalue weighted by Gasteiger charge is 2.32. The Morgan fingerprint density at radius 1 is 1.15 bits per heavy atom. The number of carboxylic acids is 1. The molecule has 0 radical (unpaired) electrons. The number of halogens is 1. The number of carboxylic acid groups (broad SMARTS) is 1. The number of piperidine rings is 1. The third-order valence-corrected chi connectivity index (χ3v) is 4.42. The van der Waals surface area contributed by atoms with Crippen molar-refractivity contribution >= 4 is 11.9 Å². The van der Waals surface area contributed by atoms with E-state index in [1.54, 1.807) is 36.4 Å². The number of ether oxygens (including phenoxy) is 1. The maximum Gasteiger partial charge on any atom is 0.326 e. The molecule has 136 valence electrons. The first-order valence-corrected chi connectivity index (χ1v) is 8.55. The van der Waals surface area contributed by atoms with Gasteiger partial charge in [0.15, 0.2) is 0 Å². The number of benzene rings is 2. The summed E-state index contributed by atoms with van der Waals surface area (Å²) in [4.78, 5) is 25.6. The Bertz CT molecular complexity index is 808. The van der Waals surface area contributed by atoms with Crippen LogP contribution in [0.15, 0.2) is 48.5 Å². The molecule has 1 N–H and O–H groups in total. The van der Waals surface area contributed by atoms with E-state index < -0.39 is 12.0 Å². The fraction of sp³-hybridized carbons (Fsp3) is 0.300. The lowest BCUT2D eigenvalue weighted by atomic mass is 10.0. The van der Waals surface area contributed by atoms with Crippen molar-refractivity contribution in [3.05, 3.63) is 65.5 Å². The standard InChI is InChI=1S/C20H20FNO4/c21-16-7-4-8-17(12-16)26-13-14-5-3-6-15(11-14)19(23)22-10-2-1-9-18(22)20(24)25/h3-8,11-12,18H,1-2,9-10,13H2,(H,24,25)/t18-/m1/s1. The lowest BCUT2D eigenvalue weighted by Crippen LogP contribution is -2.48. The molecule has 26 heavy (non-hydrogen) atoms. The van der Waals surface area contributed by atoms with Crippen LogP contribution in [0.3, 0.4) is 0 Å². The van der Waals surface area contributed by atoms with E-state index in [4.69, 9.17) is 4.74 Å². The summed E-state index contributed by atoms with van der Waals surface area (Å²) in [5, 5.41) is 9.35. The Morgan fingerprint density at radius 2 is 1.96 bits per heavy atom. The van der Waals surface area contributed by atoms with Gasteiger partial charge < -0.3 is 14.7 Å². The first-order valence-electron chi connectivity index (χ1n) is 8.55. The Hall–Kier alpha value is -2.89. The average molecular weight is 357 g/mol. The van der Waals surface area contributed by atoms with E-state index in [1.807, 2.05) is 0 Å². The Morgan fingerprint density at radius 3 is 2.73 bits per heavy atom. The molecule has 1 aliphatic heterocycles. The van der Waals surface area contributed by atoms with Gasteiger partial charge in [-0.2, -0.15) is 0 Å². The minimum absolute atomic E-state index is 0.187. The molecule has 6 heteroatoms. The summed E-state index contributed by atoms with van der Waals surface area (Å²) in [6.07, 6.45) is 2.09. The lowest BCUT2D eigenvalue weighted by Gasteiger charge is -2.33. The van der Waals surface area contributed by atoms with Crippen molar-refractivity contribution < 1.29 is 23.8 Å². The predicted molar refractivity (Wildman–Crippen MR) is 93.5 cm³/mol. The van der Waals surface area contributed by atoms with Gasteiger partial charge in [0, 0.05) is 18.2 Å². The van der Waals surface area contributed by atoms with Crippen LogP contribution in [0, 0.1) is 5.82 Å². The molecular weight excluding hydrogens is 337 g/mol. The highest BCUT2D eigenvalue weighted by atomic mass is 19.1. The maximum absolute atomic E-state index is 13.2. The van der Waals surface area contributed by atoms with Gasteiger partial charge in [0.2, 0.25) is 0 Å². The van der Waals surface area contributed by atoms with Crippen molar-refractivity contribution in [2.45, 2.75) is 31.9 Å². The first-order chi connectivity index (χ1) is 12.5. The molecule has 0 unspecified atom stereocenters. The van der Waals surface area contributed by atoms with Gasteiger partial charge in [0.1, 0.15) is 24.2 Å². The van der Waals surface area contributed by atoms with Gasteiger partial charge in [-0.3, -0.25) is 4.79 Å². The molecule has 1 heterocycles. The molecule has 2 aromatic rings. The monoisotopic (exact) mass is 357 g/mol. The lowest BCUT2D eigenvalue weighted by molar-refractivity contribution is -0.143. The fourth-order valence-corrected chi connectivity index (χ4v) is 3.11. The van der Waals surface area contributed by atoms with Gasteiger partial charge in [0.25, 0.3) is 5.91 Å². The molecule has 1 saturated heterocycles. The molecule has 1 atom stereocenters. The second-order valence-electron chi connectivity index (χ2n) is 6.29. The topological polar surface area (TPSA) is 66.8 Å². The number of carbonyl (C=O) groups is 2. The Labute approximate surface area is 151 Å². The number of nitrogens with zero attached hydrogens (tertiary/aromatic N) is 1. The minimum Gasteiger partial charge on any atom is -0.489 e. The smallest absolute Gasteiger partial charge is 0.326 e. The van der Waals surface area contributed by atoms with Gasteiger partial charge >= 0.3 is 5.97 Å². The third kappa shape index (κ3) is 4.20. The molecule has 0 aliphatic carbocycles. The summed E-state index contributed by atoms with van der Waals surface area (Å²) in [6.45, 7) is 0.632. The van der Waals surface area contributed by atoms with E-state index in [1.165, 1.54) is 17.0 Å². The fourth-order valence-electron chi connectivity index (χ4n) is 3.11. The summed E-state index contributed by atoms with van der Waals surface area (Å²) >= 11 is 0. The molecule has 3 rings (SSSR count). The zero-order chi connectivity index (χ0) is 18.5. The van der Waals surface area contributed by atoms with E-state index >= 15 is 0 Å². The Kier molecular flexibility index (Phi) is 5.51. The van der Waals surface area contributed by atoms with Gasteiger partial charge in [-0.1, -0.05) is 18.2 Å². The van der Waals surface area contributed by atoms with E-state index in [9.17, 15) is 19.1 Å². The van der Waals surface area contributed by atoms with Crippen molar-refractivity contribution in [1.29, 1.82) is 0 Å². The third-order valence-electron chi connectivity index (χ3n) is 4.42. The van der Waals surface area contributed by atoms with Gasteiger partial charge in [-0.25, -0.2) is 9.18 Å². The first kappa shape index (κ1) is 17.9. The van der Waals surface area contributed by atoms with Crippen LogP contribution in [-0.4, -0.2) is 34.5 Å². The van der Waals surface area contributed by atoms with Crippen LogP contribution in [-0.2, 0) is 11.4 Å². The largest absolute Gasteiger partial charge is 0.489 e. The molecule has 1 fully saturated rings. The van der Waals surface area contributed by atoms with Crippen LogP contribution in [0.2, 0.25) is 0 Å². The SMILES string of the molecule is O=C(O)[C@H]1CCCCN1C(=O)c1cccc(COc2cccc(F)c2)c1. The van der Waals surface area contributed by atoms with E-state index in [-0.39, 0.29) is 18.3 Å². The van der Waals surface area contributed by atoms with Crippen LogP contribution in [0.25, 0.3) is 0 Å². The molecule has 0 aromatic heterocycles. The van der Waals surface area contributed by atoms with Gasteiger partial charge in [0.05, 0.1) is 0 Å². The second-order valence-corrected chi connectivity index (χ2v) is 6.29. The molecule has 0 bridgehead atoms. The normalized spacial score (nSPS) is 17.0. The molecule has 0 saturated carbocycles. The van der Waals surface area contributed by atoms with Gasteiger partial charge in [-0.05, 0) is 49.1 Å². The number of amides is 1. The van der Waals surface area contributed by atoms with Crippen molar-refractivity contribution in [2.24, 2.45) is 0 Å². The van der Waals surface area contributed by atoms with Crippen molar-refractivity contribution in [1.82, 2.24) is 4.90 Å². The number of rotatable bonds is 5. The minimum atomic E-state index is -0.969. The zero-order valence-electron chi connectivity index (χ0n) is 14.2. The highest BCUT2D eigenvalue weighted by molar-refractivity contribution is 5.96. The number of hydrogen-bond donors (Lipinski definition) is 1. The van der Waals surface area contributed by atoms with E-state index in [0.29, 0.717) is 24.3 Å². The van der Waals surface area contributed by atoms with Crippen LogP contribution >= 0.6 is 0 Å². The summed E-state index contributed by atoms with van der Waals surface area (Å²) in [5.41, 5.74) is 1.18. The van der Waals surface area contributed by atoms with E-state index in [2.05, 4.69) is 0 Å². The van der Waals surface area contributed by atoms with Crippen LogP contribution in [0.5, 0.6) is 5.75 Å². The van der Waals surface area contributed by atoms with Crippen molar-refractivity contribution in [3.8, 4) is 5.75 Å². The number of likely N-dealkylation sites (tertiary alicyclic amines) is 1. The van der Waals surface area contributed by atoms with Crippen LogP contribution in [0.1, 0.15) is 35.2 Å². The number of hydrogen-bond acceptors (Lipinski definition) is 3. The zero-order valence-corrected chi connectivity index (χ0v) is 14.2. The molecular formula is C20H20FNO4. The molecule has 5 nitrogen and oxygen atoms in total. The number of aliphatic carboxylic acids is 1. The average Bonchev–Trinajstić information content (AvgIpc) is 2.66. The van der Waals surface area contributed by atoms with Crippen LogP contribution < -0.4 is 4.74 Å². The second kappa shape index (κ2) is 7.99. The predicted octanol–water partition coefficient (Wildman–Crippen LogP) is 3.48. The summed E-state index contributed by atoms with van der Waals surface area (Å²) in [7, 11) is 0. The van der Waals surface area contributed by atoms with Crippen molar-refractivity contribution in [3.63, 3.8) is 0 Å². The molecule has 0 spiro atoms. The maximum atomic E-state index is 13.2. The quantitative estimate of drug-likeness (QED) is 0.890. The van der Waals surface area contributed by atoms with Gasteiger partial charge in [-0.15, -0.1) is 0 Å². The summed E-state index contributed by atoms with van der Waals surface area (Å²) in [5.74, 6) is -1.23. The molecule has 1 amide bonds. The summed E-state index contributed by atoms with van der Waals surface area (Å²) in [6, 6.07) is 12.0. The molecule has 1 aliphatic rings. The summed E-state index contributed by atoms with van der Waals surface area (Å²) < 4.78 is 18.7. The van der Waals surface area contributed by atoms with Crippen LogP contribution in [0.4, 0.5) is 4.39 Å².